The standard InChI is InChI=1S/C16H12FN3O3S/c1-2-7-19-11-4-3-10(17)8-12(11)24-16(19)18-13(21)9-20-14(22)5-6-15(20)23/h1,3-4,8H,5-7,9H2. The average molecular weight is 345 g/mol. The Balaban J connectivity index is 1.98. The number of imide groups is 1. The molecule has 122 valence electrons. The maximum absolute atomic E-state index is 13.4. The molecule has 0 saturated carbocycles. The van der Waals surface area contributed by atoms with Crippen molar-refractivity contribution in [3.05, 3.63) is 28.8 Å². The summed E-state index contributed by atoms with van der Waals surface area (Å²) in [5.74, 6) is 0.682. The van der Waals surface area contributed by atoms with Crippen LogP contribution in [-0.4, -0.2) is 33.7 Å². The van der Waals surface area contributed by atoms with Crippen LogP contribution in [0.5, 0.6) is 0 Å². The van der Waals surface area contributed by atoms with Crippen LogP contribution in [0.2, 0.25) is 0 Å². The summed E-state index contributed by atoms with van der Waals surface area (Å²) in [4.78, 5) is 40.4. The minimum atomic E-state index is -0.628. The predicted octanol–water partition coefficient (Wildman–Crippen LogP) is 1.05. The van der Waals surface area contributed by atoms with Gasteiger partial charge in [-0.3, -0.25) is 19.3 Å². The molecule has 2 heterocycles. The molecular weight excluding hydrogens is 333 g/mol. The van der Waals surface area contributed by atoms with E-state index in [0.29, 0.717) is 15.0 Å². The second kappa shape index (κ2) is 6.37. The summed E-state index contributed by atoms with van der Waals surface area (Å²) in [6.45, 7) is -0.227. The molecule has 0 spiro atoms. The summed E-state index contributed by atoms with van der Waals surface area (Å²) in [7, 11) is 0. The van der Waals surface area contributed by atoms with E-state index in [4.69, 9.17) is 6.42 Å². The van der Waals surface area contributed by atoms with E-state index in [1.165, 1.54) is 12.1 Å². The molecule has 1 aliphatic heterocycles. The Hall–Kier alpha value is -2.79. The lowest BCUT2D eigenvalue weighted by Gasteiger charge is -2.10. The van der Waals surface area contributed by atoms with E-state index in [2.05, 4.69) is 10.9 Å². The van der Waals surface area contributed by atoms with Crippen molar-refractivity contribution in [2.45, 2.75) is 19.4 Å². The van der Waals surface area contributed by atoms with Gasteiger partial charge >= 0.3 is 0 Å². The maximum atomic E-state index is 13.4. The number of fused-ring (bicyclic) bond motifs is 1. The molecule has 1 fully saturated rings. The number of rotatable bonds is 3. The minimum absolute atomic E-state index is 0.116. The third kappa shape index (κ3) is 2.98. The van der Waals surface area contributed by atoms with E-state index in [0.717, 1.165) is 16.2 Å². The molecule has 0 N–H and O–H groups in total. The predicted molar refractivity (Wildman–Crippen MR) is 85.1 cm³/mol. The van der Waals surface area contributed by atoms with Gasteiger partial charge in [-0.2, -0.15) is 4.99 Å². The summed E-state index contributed by atoms with van der Waals surface area (Å²) in [6, 6.07) is 4.20. The van der Waals surface area contributed by atoms with Crippen molar-refractivity contribution in [3.63, 3.8) is 0 Å². The van der Waals surface area contributed by atoms with Gasteiger partial charge in [0.25, 0.3) is 5.91 Å². The molecule has 1 aliphatic rings. The van der Waals surface area contributed by atoms with E-state index >= 15 is 0 Å². The highest BCUT2D eigenvalue weighted by Crippen LogP contribution is 2.18. The number of halogens is 1. The quantitative estimate of drug-likeness (QED) is 0.617. The van der Waals surface area contributed by atoms with Crippen molar-refractivity contribution in [2.24, 2.45) is 4.99 Å². The number of amides is 3. The normalized spacial score (nSPS) is 15.3. The fourth-order valence-corrected chi connectivity index (χ4v) is 3.52. The number of terminal acetylenes is 1. The lowest BCUT2D eigenvalue weighted by molar-refractivity contribution is -0.141. The van der Waals surface area contributed by atoms with Gasteiger partial charge in [-0.1, -0.05) is 17.3 Å². The number of hydrogen-bond donors (Lipinski definition) is 0. The lowest BCUT2D eigenvalue weighted by Crippen LogP contribution is -2.34. The van der Waals surface area contributed by atoms with Crippen LogP contribution >= 0.6 is 11.3 Å². The number of nitrogens with zero attached hydrogens (tertiary/aromatic N) is 3. The molecule has 0 aliphatic carbocycles. The van der Waals surface area contributed by atoms with E-state index in [9.17, 15) is 18.8 Å². The van der Waals surface area contributed by atoms with E-state index in [-0.39, 0.29) is 31.2 Å². The van der Waals surface area contributed by atoms with Crippen molar-refractivity contribution in [1.29, 1.82) is 0 Å². The van der Waals surface area contributed by atoms with Gasteiger partial charge in [0.2, 0.25) is 11.8 Å². The highest BCUT2D eigenvalue weighted by Gasteiger charge is 2.30. The second-order valence-electron chi connectivity index (χ2n) is 5.17. The number of carbonyl (C=O) groups excluding carboxylic acids is 3. The number of benzene rings is 1. The van der Waals surface area contributed by atoms with Crippen molar-refractivity contribution in [3.8, 4) is 12.3 Å². The third-order valence-corrected chi connectivity index (χ3v) is 4.60. The SMILES string of the molecule is C#CCn1c(=NC(=O)CN2C(=O)CCC2=O)sc2cc(F)ccc21. The molecule has 0 unspecified atom stereocenters. The van der Waals surface area contributed by atoms with Gasteiger partial charge < -0.3 is 4.57 Å². The van der Waals surface area contributed by atoms with Crippen molar-refractivity contribution >= 4 is 39.3 Å². The third-order valence-electron chi connectivity index (χ3n) is 3.56. The Morgan fingerprint density at radius 1 is 1.33 bits per heavy atom. The van der Waals surface area contributed by atoms with Crippen LogP contribution in [0.3, 0.4) is 0 Å². The maximum Gasteiger partial charge on any atom is 0.268 e. The van der Waals surface area contributed by atoms with Crippen LogP contribution in [0.4, 0.5) is 4.39 Å². The number of likely N-dealkylation sites (tertiary alicyclic amines) is 1. The fourth-order valence-electron chi connectivity index (χ4n) is 2.45. The van der Waals surface area contributed by atoms with Gasteiger partial charge in [0.1, 0.15) is 12.4 Å². The van der Waals surface area contributed by atoms with E-state index < -0.39 is 18.3 Å². The molecule has 2 aromatic rings. The molecule has 3 amide bonds. The number of thiazole rings is 1. The molecule has 6 nitrogen and oxygen atoms in total. The zero-order chi connectivity index (χ0) is 17.3. The minimum Gasteiger partial charge on any atom is -0.305 e. The molecule has 0 atom stereocenters. The Morgan fingerprint density at radius 3 is 2.71 bits per heavy atom. The Bertz CT molecular complexity index is 951. The first kappa shape index (κ1) is 16.1. The van der Waals surface area contributed by atoms with Crippen molar-refractivity contribution in [2.75, 3.05) is 6.54 Å². The van der Waals surface area contributed by atoms with E-state index in [1.54, 1.807) is 10.6 Å². The zero-order valence-electron chi connectivity index (χ0n) is 12.5. The Morgan fingerprint density at radius 2 is 2.04 bits per heavy atom. The zero-order valence-corrected chi connectivity index (χ0v) is 13.3. The van der Waals surface area contributed by atoms with E-state index in [1.807, 2.05) is 0 Å². The average Bonchev–Trinajstić information content (AvgIpc) is 3.02. The second-order valence-corrected chi connectivity index (χ2v) is 6.18. The van der Waals surface area contributed by atoms with Crippen molar-refractivity contribution in [1.82, 2.24) is 9.47 Å². The smallest absolute Gasteiger partial charge is 0.268 e. The molecule has 1 aromatic heterocycles. The van der Waals surface area contributed by atoms with Gasteiger partial charge in [-0.05, 0) is 18.2 Å². The van der Waals surface area contributed by atoms with Gasteiger partial charge in [0, 0.05) is 12.8 Å². The Kier molecular flexibility index (Phi) is 4.27. The number of carbonyl (C=O) groups is 3. The van der Waals surface area contributed by atoms with Gasteiger partial charge in [-0.15, -0.1) is 6.42 Å². The molecule has 24 heavy (non-hydrogen) atoms. The monoisotopic (exact) mass is 345 g/mol. The largest absolute Gasteiger partial charge is 0.305 e. The summed E-state index contributed by atoms with van der Waals surface area (Å²) in [5.41, 5.74) is 0.666. The summed E-state index contributed by atoms with van der Waals surface area (Å²) < 4.78 is 15.6. The van der Waals surface area contributed by atoms with Crippen LogP contribution in [0.1, 0.15) is 12.8 Å². The van der Waals surface area contributed by atoms with Crippen LogP contribution < -0.4 is 4.80 Å². The summed E-state index contributed by atoms with van der Waals surface area (Å²) >= 11 is 1.12. The topological polar surface area (TPSA) is 71.7 Å². The molecule has 1 saturated heterocycles. The fraction of sp³-hybridized carbons (Fsp3) is 0.250. The molecule has 0 bridgehead atoms. The first-order valence-corrected chi connectivity index (χ1v) is 7.94. The summed E-state index contributed by atoms with van der Waals surface area (Å²) in [6.07, 6.45) is 5.58. The van der Waals surface area contributed by atoms with Crippen molar-refractivity contribution < 1.29 is 18.8 Å². The molecule has 1 aromatic carbocycles. The van der Waals surface area contributed by atoms with Crippen LogP contribution in [0.25, 0.3) is 10.2 Å². The lowest BCUT2D eigenvalue weighted by atomic mass is 10.3. The number of aromatic nitrogens is 1. The highest BCUT2D eigenvalue weighted by atomic mass is 32.1. The molecule has 8 heteroatoms. The first-order chi connectivity index (χ1) is 11.5. The molecular formula is C16H12FN3O3S. The van der Waals surface area contributed by atoms with Gasteiger partial charge in [0.15, 0.2) is 4.80 Å². The Labute approximate surface area is 140 Å². The molecule has 3 rings (SSSR count). The highest BCUT2D eigenvalue weighted by molar-refractivity contribution is 7.16. The van der Waals surface area contributed by atoms with Gasteiger partial charge in [-0.25, -0.2) is 4.39 Å². The van der Waals surface area contributed by atoms with Crippen LogP contribution in [0, 0.1) is 18.2 Å². The first-order valence-electron chi connectivity index (χ1n) is 7.12. The van der Waals surface area contributed by atoms with Crippen LogP contribution in [0.15, 0.2) is 23.2 Å². The van der Waals surface area contributed by atoms with Gasteiger partial charge in [0.05, 0.1) is 16.8 Å². The summed E-state index contributed by atoms with van der Waals surface area (Å²) in [5, 5.41) is 0. The molecule has 0 radical (unpaired) electrons. The van der Waals surface area contributed by atoms with Crippen LogP contribution in [-0.2, 0) is 20.9 Å². The number of hydrogen-bond acceptors (Lipinski definition) is 4.